The number of hydrogen-bond donors (Lipinski definition) is 1. The molecule has 36 heavy (non-hydrogen) atoms. The third kappa shape index (κ3) is 7.22. The Morgan fingerprint density at radius 3 is 2.44 bits per heavy atom. The fraction of sp³-hybridized carbons (Fsp3) is 0.462. The number of benzene rings is 2. The van der Waals surface area contributed by atoms with E-state index in [0.717, 1.165) is 41.8 Å². The molecule has 0 heterocycles. The number of methoxy groups -OCH3 is 1. The van der Waals surface area contributed by atoms with Gasteiger partial charge in [-0.3, -0.25) is 13.9 Å². The van der Waals surface area contributed by atoms with Crippen molar-refractivity contribution >= 4 is 43.5 Å². The van der Waals surface area contributed by atoms with Crippen molar-refractivity contribution < 1.29 is 22.7 Å². The van der Waals surface area contributed by atoms with Crippen LogP contribution >= 0.6 is 15.9 Å². The second kappa shape index (κ2) is 12.6. The fourth-order valence-corrected chi connectivity index (χ4v) is 5.98. The van der Waals surface area contributed by atoms with Crippen LogP contribution in [0, 0.1) is 0 Å². The molecule has 0 bridgehead atoms. The summed E-state index contributed by atoms with van der Waals surface area (Å²) in [6, 6.07) is 13.5. The first-order valence-electron chi connectivity index (χ1n) is 12.1. The molecule has 2 aromatic rings. The topological polar surface area (TPSA) is 96.0 Å². The van der Waals surface area contributed by atoms with Gasteiger partial charge in [0.1, 0.15) is 18.3 Å². The number of ether oxygens (including phenoxy) is 1. The van der Waals surface area contributed by atoms with E-state index in [1.165, 1.54) is 4.90 Å². The van der Waals surface area contributed by atoms with E-state index in [0.29, 0.717) is 22.3 Å². The maximum absolute atomic E-state index is 13.8. The zero-order chi connectivity index (χ0) is 26.3. The predicted molar refractivity (Wildman–Crippen MR) is 144 cm³/mol. The van der Waals surface area contributed by atoms with Crippen LogP contribution in [0.2, 0.25) is 0 Å². The van der Waals surface area contributed by atoms with Crippen LogP contribution in [0.25, 0.3) is 0 Å². The van der Waals surface area contributed by atoms with Crippen LogP contribution in [0.5, 0.6) is 5.75 Å². The van der Waals surface area contributed by atoms with Crippen LogP contribution in [0.1, 0.15) is 44.6 Å². The molecular formula is C26H34BrN3O5S. The molecule has 1 fully saturated rings. The van der Waals surface area contributed by atoms with Crippen LogP contribution < -0.4 is 14.4 Å². The van der Waals surface area contributed by atoms with Gasteiger partial charge in [0.25, 0.3) is 0 Å². The van der Waals surface area contributed by atoms with Gasteiger partial charge in [0.2, 0.25) is 21.8 Å². The fourth-order valence-electron chi connectivity index (χ4n) is 4.50. The van der Waals surface area contributed by atoms with Crippen molar-refractivity contribution in [3.63, 3.8) is 0 Å². The van der Waals surface area contributed by atoms with Gasteiger partial charge in [-0.1, -0.05) is 44.0 Å². The summed E-state index contributed by atoms with van der Waals surface area (Å²) in [7, 11) is -2.23. The molecule has 2 aromatic carbocycles. The number of para-hydroxylation sites is 1. The summed E-state index contributed by atoms with van der Waals surface area (Å²) in [4.78, 5) is 28.6. The highest BCUT2D eigenvalue weighted by atomic mass is 79.9. The Bertz CT molecular complexity index is 1170. The molecule has 1 unspecified atom stereocenters. The summed E-state index contributed by atoms with van der Waals surface area (Å²) in [5.74, 6) is -0.0470. The maximum atomic E-state index is 13.8. The second-order valence-corrected chi connectivity index (χ2v) is 11.8. The first-order chi connectivity index (χ1) is 17.1. The average Bonchev–Trinajstić information content (AvgIpc) is 3.35. The highest BCUT2D eigenvalue weighted by molar-refractivity contribution is 9.10. The highest BCUT2D eigenvalue weighted by Crippen LogP contribution is 2.28. The Kier molecular flexibility index (Phi) is 9.78. The Morgan fingerprint density at radius 2 is 1.83 bits per heavy atom. The summed E-state index contributed by atoms with van der Waals surface area (Å²) >= 11 is 3.39. The molecule has 196 valence electrons. The number of halogens is 1. The van der Waals surface area contributed by atoms with E-state index >= 15 is 0 Å². The van der Waals surface area contributed by atoms with E-state index in [1.54, 1.807) is 37.4 Å². The van der Waals surface area contributed by atoms with E-state index in [9.17, 15) is 18.0 Å². The molecule has 10 heteroatoms. The number of rotatable bonds is 11. The lowest BCUT2D eigenvalue weighted by Gasteiger charge is -2.33. The lowest BCUT2D eigenvalue weighted by atomic mass is 10.1. The molecule has 3 rings (SSSR count). The highest BCUT2D eigenvalue weighted by Gasteiger charge is 2.33. The van der Waals surface area contributed by atoms with Crippen molar-refractivity contribution in [1.29, 1.82) is 0 Å². The van der Waals surface area contributed by atoms with Crippen LogP contribution in [0.15, 0.2) is 53.0 Å². The van der Waals surface area contributed by atoms with E-state index in [2.05, 4.69) is 21.2 Å². The monoisotopic (exact) mass is 579 g/mol. The predicted octanol–water partition coefficient (Wildman–Crippen LogP) is 4.09. The minimum Gasteiger partial charge on any atom is -0.497 e. The third-order valence-corrected chi connectivity index (χ3v) is 8.17. The van der Waals surface area contributed by atoms with Crippen LogP contribution in [-0.2, 0) is 26.2 Å². The molecule has 2 amide bonds. The van der Waals surface area contributed by atoms with Gasteiger partial charge in [0, 0.05) is 17.1 Å². The molecule has 1 aliphatic carbocycles. The van der Waals surface area contributed by atoms with E-state index in [4.69, 9.17) is 4.74 Å². The van der Waals surface area contributed by atoms with E-state index < -0.39 is 28.5 Å². The Labute approximate surface area is 222 Å². The van der Waals surface area contributed by atoms with Gasteiger partial charge in [0.15, 0.2) is 0 Å². The van der Waals surface area contributed by atoms with Gasteiger partial charge in [-0.05, 0) is 65.0 Å². The first kappa shape index (κ1) is 28.0. The lowest BCUT2D eigenvalue weighted by Crippen LogP contribution is -2.53. The van der Waals surface area contributed by atoms with Crippen LogP contribution in [0.4, 0.5) is 5.69 Å². The van der Waals surface area contributed by atoms with E-state index in [1.807, 2.05) is 25.1 Å². The van der Waals surface area contributed by atoms with Gasteiger partial charge in [0.05, 0.1) is 19.1 Å². The normalized spacial score (nSPS) is 14.8. The standard InChI is InChI=1S/C26H34BrN3O5S/c1-4-23(26(32)28-20-11-5-6-12-20)29(17-19-10-9-13-21(16-19)35-2)25(31)18-30(36(3,33)34)24-15-8-7-14-22(24)27/h7-10,13-16,20,23H,4-6,11-12,17-18H2,1-3H3,(H,28,32). The summed E-state index contributed by atoms with van der Waals surface area (Å²) < 4.78 is 32.4. The van der Waals surface area contributed by atoms with Crippen molar-refractivity contribution in [3.8, 4) is 5.75 Å². The number of hydrogen-bond acceptors (Lipinski definition) is 5. The quantitative estimate of drug-likeness (QED) is 0.432. The second-order valence-electron chi connectivity index (χ2n) is 9.01. The van der Waals surface area contributed by atoms with Crippen molar-refractivity contribution in [3.05, 3.63) is 58.6 Å². The van der Waals surface area contributed by atoms with Gasteiger partial charge < -0.3 is 15.0 Å². The molecule has 1 aliphatic rings. The first-order valence-corrected chi connectivity index (χ1v) is 14.7. The molecule has 1 N–H and O–H groups in total. The molecule has 0 radical (unpaired) electrons. The molecule has 0 aromatic heterocycles. The number of nitrogens with one attached hydrogen (secondary N) is 1. The average molecular weight is 581 g/mol. The van der Waals surface area contributed by atoms with Crippen LogP contribution in [0.3, 0.4) is 0 Å². The van der Waals surface area contributed by atoms with Gasteiger partial charge >= 0.3 is 0 Å². The smallest absolute Gasteiger partial charge is 0.244 e. The number of anilines is 1. The van der Waals surface area contributed by atoms with Gasteiger partial charge in [-0.25, -0.2) is 8.42 Å². The minimum absolute atomic E-state index is 0.105. The van der Waals surface area contributed by atoms with Crippen molar-refractivity contribution in [2.24, 2.45) is 0 Å². The number of sulfonamides is 1. The number of carbonyl (C=O) groups excluding carboxylic acids is 2. The van der Waals surface area contributed by atoms with Gasteiger partial charge in [-0.15, -0.1) is 0 Å². The zero-order valence-corrected chi connectivity index (χ0v) is 23.3. The molecule has 1 atom stereocenters. The maximum Gasteiger partial charge on any atom is 0.244 e. The molecule has 0 aliphatic heterocycles. The molecule has 1 saturated carbocycles. The zero-order valence-electron chi connectivity index (χ0n) is 20.9. The van der Waals surface area contributed by atoms with E-state index in [-0.39, 0.29) is 18.5 Å². The Hall–Kier alpha value is -2.59. The van der Waals surface area contributed by atoms with Gasteiger partial charge in [-0.2, -0.15) is 0 Å². The van der Waals surface area contributed by atoms with Crippen molar-refractivity contribution in [2.75, 3.05) is 24.2 Å². The number of amides is 2. The van der Waals surface area contributed by atoms with Crippen molar-refractivity contribution in [2.45, 2.75) is 57.7 Å². The molecule has 8 nitrogen and oxygen atoms in total. The van der Waals surface area contributed by atoms with Crippen molar-refractivity contribution in [1.82, 2.24) is 10.2 Å². The summed E-state index contributed by atoms with van der Waals surface area (Å²) in [5.41, 5.74) is 1.14. The van der Waals surface area contributed by atoms with Crippen LogP contribution in [-0.4, -0.2) is 57.1 Å². The molecule has 0 spiro atoms. The largest absolute Gasteiger partial charge is 0.497 e. The third-order valence-electron chi connectivity index (χ3n) is 6.37. The minimum atomic E-state index is -3.79. The molecular weight excluding hydrogens is 546 g/mol. The summed E-state index contributed by atoms with van der Waals surface area (Å²) in [6.45, 7) is 1.56. The Morgan fingerprint density at radius 1 is 1.14 bits per heavy atom. The number of carbonyl (C=O) groups is 2. The SMILES string of the molecule is CCC(C(=O)NC1CCCC1)N(Cc1cccc(OC)c1)C(=O)CN(c1ccccc1Br)S(C)(=O)=O. The molecule has 0 saturated heterocycles. The Balaban J connectivity index is 1.94. The summed E-state index contributed by atoms with van der Waals surface area (Å²) in [6.07, 6.45) is 5.46. The summed E-state index contributed by atoms with van der Waals surface area (Å²) in [5, 5.41) is 3.10. The number of nitrogens with zero attached hydrogens (tertiary/aromatic N) is 2. The lowest BCUT2D eigenvalue weighted by molar-refractivity contribution is -0.140.